The number of carboxylic acids is 2. The molecule has 1 aliphatic heterocycles. The van der Waals surface area contributed by atoms with Gasteiger partial charge in [-0.05, 0) is 38.6 Å². The van der Waals surface area contributed by atoms with Gasteiger partial charge in [-0.1, -0.05) is 0 Å². The van der Waals surface area contributed by atoms with Crippen LogP contribution in [0.1, 0.15) is 38.5 Å². The van der Waals surface area contributed by atoms with Gasteiger partial charge in [-0.2, -0.15) is 0 Å². The minimum Gasteiger partial charge on any atom is -0.481 e. The van der Waals surface area contributed by atoms with Crippen LogP contribution in [0, 0.1) is 0 Å². The number of hydrogen-bond donors (Lipinski definition) is 7. The lowest BCUT2D eigenvalue weighted by Gasteiger charge is -2.22. The lowest BCUT2D eigenvalue weighted by atomic mass is 10.1. The molecule has 2 amide bonds. The average molecular weight is 400 g/mol. The van der Waals surface area contributed by atoms with Crippen molar-refractivity contribution in [2.24, 2.45) is 16.5 Å². The van der Waals surface area contributed by atoms with Gasteiger partial charge in [0.05, 0.1) is 6.04 Å². The summed E-state index contributed by atoms with van der Waals surface area (Å²) in [7, 11) is 0. The van der Waals surface area contributed by atoms with Crippen LogP contribution in [0.4, 0.5) is 0 Å². The standard InChI is InChI=1S/C16H28N6O6/c17-16(18)20-8-2-4-11(15(27)28)22-14(26)10(5-6-12(23)24)21-13(25)9-3-1-7-19-9/h9-11,19H,1-8H2,(H,21,25)(H,22,26)(H,23,24)(H,27,28)(H4,17,18,20). The highest BCUT2D eigenvalue weighted by Crippen LogP contribution is 2.07. The van der Waals surface area contributed by atoms with E-state index in [0.717, 1.165) is 6.42 Å². The molecule has 0 bridgehead atoms. The molecule has 3 atom stereocenters. The van der Waals surface area contributed by atoms with Crippen LogP contribution in [-0.2, 0) is 19.2 Å². The zero-order chi connectivity index (χ0) is 21.1. The summed E-state index contributed by atoms with van der Waals surface area (Å²) in [5, 5.41) is 26.0. The molecule has 0 spiro atoms. The van der Waals surface area contributed by atoms with E-state index in [1.807, 2.05) is 0 Å². The highest BCUT2D eigenvalue weighted by atomic mass is 16.4. The summed E-state index contributed by atoms with van der Waals surface area (Å²) in [6.45, 7) is 0.884. The second kappa shape index (κ2) is 11.7. The van der Waals surface area contributed by atoms with Gasteiger partial charge in [0.25, 0.3) is 0 Å². The van der Waals surface area contributed by atoms with E-state index in [1.54, 1.807) is 0 Å². The third-order valence-electron chi connectivity index (χ3n) is 4.22. The second-order valence-corrected chi connectivity index (χ2v) is 6.49. The number of aliphatic carboxylic acids is 2. The average Bonchev–Trinajstić information content (AvgIpc) is 3.14. The van der Waals surface area contributed by atoms with Gasteiger partial charge in [0.2, 0.25) is 11.8 Å². The minimum absolute atomic E-state index is 0.0711. The molecule has 12 nitrogen and oxygen atoms in total. The first-order valence-electron chi connectivity index (χ1n) is 9.04. The van der Waals surface area contributed by atoms with Crippen LogP contribution < -0.4 is 27.4 Å². The molecule has 0 radical (unpaired) electrons. The summed E-state index contributed by atoms with van der Waals surface area (Å²) < 4.78 is 0. The van der Waals surface area contributed by atoms with Crippen molar-refractivity contribution in [2.45, 2.75) is 56.7 Å². The highest BCUT2D eigenvalue weighted by molar-refractivity contribution is 5.92. The molecule has 28 heavy (non-hydrogen) atoms. The van der Waals surface area contributed by atoms with Crippen molar-refractivity contribution in [1.29, 1.82) is 0 Å². The van der Waals surface area contributed by atoms with Crippen molar-refractivity contribution >= 4 is 29.7 Å². The maximum absolute atomic E-state index is 12.5. The van der Waals surface area contributed by atoms with Crippen molar-refractivity contribution in [3.63, 3.8) is 0 Å². The number of carbonyl (C=O) groups excluding carboxylic acids is 2. The van der Waals surface area contributed by atoms with Gasteiger partial charge < -0.3 is 37.6 Å². The predicted octanol–water partition coefficient (Wildman–Crippen LogP) is -2.29. The van der Waals surface area contributed by atoms with Crippen LogP contribution in [0.3, 0.4) is 0 Å². The SMILES string of the molecule is NC(N)=NCCCC(NC(=O)C(CCC(=O)O)NC(=O)C1CCCN1)C(=O)O. The van der Waals surface area contributed by atoms with Crippen LogP contribution in [0.15, 0.2) is 4.99 Å². The highest BCUT2D eigenvalue weighted by Gasteiger charge is 2.30. The van der Waals surface area contributed by atoms with Crippen LogP contribution in [0.5, 0.6) is 0 Å². The molecule has 1 saturated heterocycles. The summed E-state index contributed by atoms with van der Waals surface area (Å²) in [5.74, 6) is -3.66. The first-order valence-corrected chi connectivity index (χ1v) is 9.04. The van der Waals surface area contributed by atoms with Gasteiger partial charge >= 0.3 is 11.9 Å². The Kier molecular flexibility index (Phi) is 9.71. The van der Waals surface area contributed by atoms with E-state index < -0.39 is 41.9 Å². The molecule has 1 heterocycles. The van der Waals surface area contributed by atoms with Crippen LogP contribution in [-0.4, -0.2) is 71.1 Å². The molecule has 1 fully saturated rings. The monoisotopic (exact) mass is 400 g/mol. The Morgan fingerprint density at radius 1 is 1.11 bits per heavy atom. The Balaban J connectivity index is 2.69. The van der Waals surface area contributed by atoms with Crippen LogP contribution in [0.2, 0.25) is 0 Å². The van der Waals surface area contributed by atoms with Gasteiger partial charge in [0, 0.05) is 13.0 Å². The molecule has 1 rings (SSSR count). The van der Waals surface area contributed by atoms with Gasteiger partial charge in [0.1, 0.15) is 12.1 Å². The Morgan fingerprint density at radius 3 is 2.36 bits per heavy atom. The van der Waals surface area contributed by atoms with E-state index in [4.69, 9.17) is 16.6 Å². The summed E-state index contributed by atoms with van der Waals surface area (Å²) in [4.78, 5) is 50.7. The number of carboxylic acid groups (broad SMARTS) is 2. The number of nitrogens with one attached hydrogen (secondary N) is 3. The molecule has 9 N–H and O–H groups in total. The fourth-order valence-electron chi connectivity index (χ4n) is 2.75. The van der Waals surface area contributed by atoms with E-state index in [-0.39, 0.29) is 31.8 Å². The second-order valence-electron chi connectivity index (χ2n) is 6.49. The maximum Gasteiger partial charge on any atom is 0.326 e. The Bertz CT molecular complexity index is 600. The Labute approximate surface area is 162 Å². The molecule has 12 heteroatoms. The van der Waals surface area contributed by atoms with E-state index in [2.05, 4.69) is 20.9 Å². The summed E-state index contributed by atoms with van der Waals surface area (Å²) >= 11 is 0. The van der Waals surface area contributed by atoms with E-state index in [1.165, 1.54) is 0 Å². The third kappa shape index (κ3) is 8.66. The number of amides is 2. The van der Waals surface area contributed by atoms with Crippen molar-refractivity contribution < 1.29 is 29.4 Å². The van der Waals surface area contributed by atoms with Gasteiger partial charge in [0.15, 0.2) is 5.96 Å². The number of carbonyl (C=O) groups is 4. The lowest BCUT2D eigenvalue weighted by molar-refractivity contribution is -0.143. The first-order chi connectivity index (χ1) is 13.2. The third-order valence-corrected chi connectivity index (χ3v) is 4.22. The largest absolute Gasteiger partial charge is 0.481 e. The maximum atomic E-state index is 12.5. The molecular weight excluding hydrogens is 372 g/mol. The zero-order valence-electron chi connectivity index (χ0n) is 15.5. The number of rotatable bonds is 12. The van der Waals surface area contributed by atoms with E-state index in [9.17, 15) is 24.3 Å². The summed E-state index contributed by atoms with van der Waals surface area (Å²) in [6.07, 6.45) is 1.32. The van der Waals surface area contributed by atoms with E-state index in [0.29, 0.717) is 19.4 Å². The zero-order valence-corrected chi connectivity index (χ0v) is 15.5. The number of nitrogens with zero attached hydrogens (tertiary/aromatic N) is 1. The molecule has 158 valence electrons. The normalized spacial score (nSPS) is 17.9. The summed E-state index contributed by atoms with van der Waals surface area (Å²) in [6, 6.07) is -2.81. The fourth-order valence-corrected chi connectivity index (χ4v) is 2.75. The number of hydrogen-bond acceptors (Lipinski definition) is 6. The molecule has 0 aliphatic carbocycles. The minimum atomic E-state index is -1.25. The molecule has 0 saturated carbocycles. The number of aliphatic imine (C=N–C) groups is 1. The Morgan fingerprint density at radius 2 is 1.82 bits per heavy atom. The predicted molar refractivity (Wildman–Crippen MR) is 99.3 cm³/mol. The van der Waals surface area contributed by atoms with Crippen LogP contribution in [0.25, 0.3) is 0 Å². The molecule has 0 aromatic carbocycles. The number of guanidine groups is 1. The molecule has 3 unspecified atom stereocenters. The quantitative estimate of drug-likeness (QED) is 0.107. The van der Waals surface area contributed by atoms with Crippen molar-refractivity contribution in [3.05, 3.63) is 0 Å². The van der Waals surface area contributed by atoms with Gasteiger partial charge in [-0.25, -0.2) is 4.79 Å². The topological polar surface area (TPSA) is 209 Å². The van der Waals surface area contributed by atoms with Crippen molar-refractivity contribution in [2.75, 3.05) is 13.1 Å². The smallest absolute Gasteiger partial charge is 0.326 e. The lowest BCUT2D eigenvalue weighted by Crippen LogP contribution is -2.54. The molecular formula is C16H28N6O6. The van der Waals surface area contributed by atoms with Crippen molar-refractivity contribution in [1.82, 2.24) is 16.0 Å². The summed E-state index contributed by atoms with van der Waals surface area (Å²) in [5.41, 5.74) is 10.4. The first kappa shape index (κ1) is 23.1. The number of nitrogens with two attached hydrogens (primary N) is 2. The Hall–Kier alpha value is -2.89. The molecule has 0 aromatic rings. The van der Waals surface area contributed by atoms with Crippen LogP contribution >= 0.6 is 0 Å². The van der Waals surface area contributed by atoms with Crippen molar-refractivity contribution in [3.8, 4) is 0 Å². The fraction of sp³-hybridized carbons (Fsp3) is 0.688. The van der Waals surface area contributed by atoms with Gasteiger partial charge in [-0.15, -0.1) is 0 Å². The van der Waals surface area contributed by atoms with E-state index >= 15 is 0 Å². The molecule has 1 aliphatic rings. The van der Waals surface area contributed by atoms with Gasteiger partial charge in [-0.3, -0.25) is 19.4 Å². The molecule has 0 aromatic heterocycles.